The number of aryl methyl sites for hydroxylation is 1. The van der Waals surface area contributed by atoms with Gasteiger partial charge in [0.15, 0.2) is 0 Å². The van der Waals surface area contributed by atoms with Crippen LogP contribution in [0.25, 0.3) is 0 Å². The zero-order valence-corrected chi connectivity index (χ0v) is 13.0. The average Bonchev–Trinajstić information content (AvgIpc) is 2.81. The first kappa shape index (κ1) is 15.3. The number of benzene rings is 1. The Morgan fingerprint density at radius 1 is 1.24 bits per heavy atom. The molecule has 0 fully saturated rings. The summed E-state index contributed by atoms with van der Waals surface area (Å²) in [6, 6.07) is 8.43. The van der Waals surface area contributed by atoms with Crippen molar-refractivity contribution in [2.24, 2.45) is 5.10 Å². The highest BCUT2D eigenvalue weighted by atomic mass is 15.4. The van der Waals surface area contributed by atoms with Gasteiger partial charge in [-0.1, -0.05) is 38.1 Å². The van der Waals surface area contributed by atoms with Gasteiger partial charge in [-0.25, -0.2) is 9.66 Å². The number of anilines is 1. The highest BCUT2D eigenvalue weighted by Crippen LogP contribution is 2.07. The Labute approximate surface area is 126 Å². The summed E-state index contributed by atoms with van der Waals surface area (Å²) in [6.07, 6.45) is 3.60. The van der Waals surface area contributed by atoms with Crippen molar-refractivity contribution in [3.8, 4) is 0 Å². The molecule has 112 valence electrons. The molecule has 2 N–H and O–H groups in total. The Balaban J connectivity index is 2.04. The second-order valence-electron chi connectivity index (χ2n) is 5.03. The van der Waals surface area contributed by atoms with E-state index in [-0.39, 0.29) is 0 Å². The molecule has 5 nitrogen and oxygen atoms in total. The Hall–Kier alpha value is -2.14. The first-order valence-corrected chi connectivity index (χ1v) is 7.29. The van der Waals surface area contributed by atoms with Crippen LogP contribution in [0.5, 0.6) is 0 Å². The summed E-state index contributed by atoms with van der Waals surface area (Å²) >= 11 is 0. The third kappa shape index (κ3) is 4.16. The number of nitrogens with zero attached hydrogens (tertiary/aromatic N) is 4. The van der Waals surface area contributed by atoms with Crippen LogP contribution in [0.1, 0.15) is 30.7 Å². The number of hydrogen-bond acceptors (Lipinski definition) is 4. The molecule has 0 bridgehead atoms. The molecule has 0 aliphatic carbocycles. The van der Waals surface area contributed by atoms with Gasteiger partial charge in [0.1, 0.15) is 0 Å². The van der Waals surface area contributed by atoms with E-state index in [1.54, 1.807) is 17.1 Å². The van der Waals surface area contributed by atoms with Crippen LogP contribution in [0.3, 0.4) is 0 Å². The summed E-state index contributed by atoms with van der Waals surface area (Å²) < 4.78 is 1.58. The monoisotopic (exact) mass is 285 g/mol. The van der Waals surface area contributed by atoms with Gasteiger partial charge in [-0.2, -0.15) is 5.10 Å². The maximum atomic E-state index is 5.75. The van der Waals surface area contributed by atoms with Crippen molar-refractivity contribution in [1.29, 1.82) is 0 Å². The second kappa shape index (κ2) is 7.04. The fourth-order valence-corrected chi connectivity index (χ4v) is 2.14. The molecule has 5 heteroatoms. The fourth-order valence-electron chi connectivity index (χ4n) is 2.14. The van der Waals surface area contributed by atoms with E-state index in [1.165, 1.54) is 5.56 Å². The van der Waals surface area contributed by atoms with E-state index >= 15 is 0 Å². The van der Waals surface area contributed by atoms with E-state index < -0.39 is 0 Å². The molecule has 1 aromatic heterocycles. The van der Waals surface area contributed by atoms with Crippen molar-refractivity contribution in [2.75, 3.05) is 18.8 Å². The van der Waals surface area contributed by atoms with Gasteiger partial charge in [0, 0.05) is 6.54 Å². The van der Waals surface area contributed by atoms with Crippen molar-refractivity contribution in [3.05, 3.63) is 47.3 Å². The zero-order valence-electron chi connectivity index (χ0n) is 13.0. The molecule has 2 rings (SSSR count). The van der Waals surface area contributed by atoms with Gasteiger partial charge in [-0.05, 0) is 31.1 Å². The summed E-state index contributed by atoms with van der Waals surface area (Å²) in [7, 11) is 0. The molecular formula is C16H23N5. The Morgan fingerprint density at radius 3 is 2.43 bits per heavy atom. The van der Waals surface area contributed by atoms with E-state index in [9.17, 15) is 0 Å². The standard InChI is InChI=1S/C16H23N5/c1-4-20(5-2)12-15-8-6-14(7-9-15)10-18-21-11-13(3)19-16(21)17/h6-11H,4-5,12H2,1-3H3,(H2,17,19). The van der Waals surface area contributed by atoms with Crippen LogP contribution >= 0.6 is 0 Å². The molecule has 0 saturated carbocycles. The van der Waals surface area contributed by atoms with Crippen LogP contribution in [0.4, 0.5) is 5.95 Å². The third-order valence-corrected chi connectivity index (χ3v) is 3.45. The molecule has 1 aromatic carbocycles. The van der Waals surface area contributed by atoms with Crippen LogP contribution in [-0.2, 0) is 6.54 Å². The number of aromatic nitrogens is 2. The minimum absolute atomic E-state index is 0.405. The van der Waals surface area contributed by atoms with Crippen molar-refractivity contribution in [1.82, 2.24) is 14.6 Å². The number of nitrogens with two attached hydrogens (primary N) is 1. The van der Waals surface area contributed by atoms with E-state index in [2.05, 4.69) is 53.1 Å². The molecule has 0 amide bonds. The van der Waals surface area contributed by atoms with Gasteiger partial charge in [-0.15, -0.1) is 0 Å². The van der Waals surface area contributed by atoms with E-state index in [1.807, 2.05) is 6.92 Å². The van der Waals surface area contributed by atoms with E-state index in [0.717, 1.165) is 30.9 Å². The molecule has 21 heavy (non-hydrogen) atoms. The Morgan fingerprint density at radius 2 is 1.90 bits per heavy atom. The number of nitrogen functional groups attached to an aromatic ring is 1. The van der Waals surface area contributed by atoms with Gasteiger partial charge >= 0.3 is 0 Å². The van der Waals surface area contributed by atoms with Crippen LogP contribution < -0.4 is 5.73 Å². The van der Waals surface area contributed by atoms with Crippen molar-refractivity contribution >= 4 is 12.2 Å². The molecule has 0 unspecified atom stereocenters. The third-order valence-electron chi connectivity index (χ3n) is 3.45. The predicted octanol–water partition coefficient (Wildman–Crippen LogP) is 2.50. The summed E-state index contributed by atoms with van der Waals surface area (Å²) in [5, 5.41) is 4.31. The number of hydrogen-bond donors (Lipinski definition) is 1. The first-order chi connectivity index (χ1) is 10.1. The van der Waals surface area contributed by atoms with E-state index in [4.69, 9.17) is 5.73 Å². The molecule has 2 aromatic rings. The lowest BCUT2D eigenvalue weighted by atomic mass is 10.1. The lowest BCUT2D eigenvalue weighted by Crippen LogP contribution is -2.21. The SMILES string of the molecule is CCN(CC)Cc1ccc(C=Nn2cc(C)nc2N)cc1. The lowest BCUT2D eigenvalue weighted by Gasteiger charge is -2.17. The summed E-state index contributed by atoms with van der Waals surface area (Å²) in [6.45, 7) is 9.38. The van der Waals surface area contributed by atoms with Gasteiger partial charge in [0.2, 0.25) is 5.95 Å². The number of rotatable bonds is 6. The zero-order chi connectivity index (χ0) is 15.2. The largest absolute Gasteiger partial charge is 0.368 e. The highest BCUT2D eigenvalue weighted by molar-refractivity contribution is 5.79. The average molecular weight is 285 g/mol. The minimum Gasteiger partial charge on any atom is -0.368 e. The Kier molecular flexibility index (Phi) is 5.11. The highest BCUT2D eigenvalue weighted by Gasteiger charge is 2.01. The fraction of sp³-hybridized carbons (Fsp3) is 0.375. The first-order valence-electron chi connectivity index (χ1n) is 7.29. The summed E-state index contributed by atoms with van der Waals surface area (Å²) in [4.78, 5) is 6.50. The molecule has 0 radical (unpaired) electrons. The summed E-state index contributed by atoms with van der Waals surface area (Å²) in [5.41, 5.74) is 8.97. The van der Waals surface area contributed by atoms with Gasteiger partial charge < -0.3 is 5.73 Å². The van der Waals surface area contributed by atoms with Crippen LogP contribution in [-0.4, -0.2) is 33.9 Å². The summed E-state index contributed by atoms with van der Waals surface area (Å²) in [5.74, 6) is 0.405. The predicted molar refractivity (Wildman–Crippen MR) is 87.4 cm³/mol. The molecule has 0 aliphatic rings. The Bertz CT molecular complexity index is 594. The molecule has 0 atom stereocenters. The smallest absolute Gasteiger partial charge is 0.221 e. The second-order valence-corrected chi connectivity index (χ2v) is 5.03. The van der Waals surface area contributed by atoms with Gasteiger partial charge in [-0.3, -0.25) is 4.90 Å². The molecule has 1 heterocycles. The topological polar surface area (TPSA) is 59.4 Å². The van der Waals surface area contributed by atoms with E-state index in [0.29, 0.717) is 5.95 Å². The van der Waals surface area contributed by atoms with Gasteiger partial charge in [0.25, 0.3) is 0 Å². The minimum atomic E-state index is 0.405. The normalized spacial score (nSPS) is 11.6. The number of imidazole rings is 1. The van der Waals surface area contributed by atoms with Gasteiger partial charge in [0.05, 0.1) is 18.1 Å². The van der Waals surface area contributed by atoms with Crippen LogP contribution in [0, 0.1) is 6.92 Å². The molecular weight excluding hydrogens is 262 g/mol. The molecule has 0 aliphatic heterocycles. The quantitative estimate of drug-likeness (QED) is 0.830. The van der Waals surface area contributed by atoms with Crippen molar-refractivity contribution < 1.29 is 0 Å². The van der Waals surface area contributed by atoms with Crippen molar-refractivity contribution in [3.63, 3.8) is 0 Å². The molecule has 0 saturated heterocycles. The van der Waals surface area contributed by atoms with Crippen LogP contribution in [0.2, 0.25) is 0 Å². The van der Waals surface area contributed by atoms with Crippen molar-refractivity contribution in [2.45, 2.75) is 27.3 Å². The maximum Gasteiger partial charge on any atom is 0.221 e. The maximum absolute atomic E-state index is 5.75. The van der Waals surface area contributed by atoms with Crippen LogP contribution in [0.15, 0.2) is 35.6 Å². The lowest BCUT2D eigenvalue weighted by molar-refractivity contribution is 0.296. The molecule has 0 spiro atoms.